The van der Waals surface area contributed by atoms with Crippen molar-refractivity contribution >= 4 is 5.97 Å². The third kappa shape index (κ3) is 5.30. The molecule has 0 aliphatic rings. The predicted molar refractivity (Wildman–Crippen MR) is 75.3 cm³/mol. The van der Waals surface area contributed by atoms with Gasteiger partial charge in [-0.3, -0.25) is 4.79 Å². The first-order valence-corrected chi connectivity index (χ1v) is 6.74. The van der Waals surface area contributed by atoms with Crippen molar-refractivity contribution in [3.8, 4) is 5.75 Å². The van der Waals surface area contributed by atoms with Gasteiger partial charge in [-0.1, -0.05) is 26.0 Å². The Kier molecular flexibility index (Phi) is 6.97. The van der Waals surface area contributed by atoms with Gasteiger partial charge in [-0.05, 0) is 30.7 Å². The maximum atomic E-state index is 11.4. The zero-order valence-electron chi connectivity index (χ0n) is 11.9. The monoisotopic (exact) mass is 265 g/mol. The lowest BCUT2D eigenvalue weighted by Crippen LogP contribution is -2.24. The minimum absolute atomic E-state index is 0.0392. The van der Waals surface area contributed by atoms with Gasteiger partial charge < -0.3 is 14.8 Å². The average Bonchev–Trinajstić information content (AvgIpc) is 2.44. The molecular weight excluding hydrogens is 242 g/mol. The summed E-state index contributed by atoms with van der Waals surface area (Å²) in [7, 11) is 1.41. The number of hydrogen-bond donors (Lipinski definition) is 1. The van der Waals surface area contributed by atoms with Crippen molar-refractivity contribution in [2.45, 2.75) is 32.7 Å². The summed E-state index contributed by atoms with van der Waals surface area (Å²) in [6.45, 7) is 5.58. The molecule has 0 amide bonds. The number of nitrogens with one attached hydrogen (secondary N) is 1. The number of ether oxygens (including phenoxy) is 2. The highest BCUT2D eigenvalue weighted by Gasteiger charge is 2.15. The molecule has 0 spiro atoms. The summed E-state index contributed by atoms with van der Waals surface area (Å²) in [6.07, 6.45) is 1.30. The second-order valence-electron chi connectivity index (χ2n) is 4.31. The Morgan fingerprint density at radius 2 is 2.16 bits per heavy atom. The summed E-state index contributed by atoms with van der Waals surface area (Å²) in [5.74, 6) is 0.623. The highest BCUT2D eigenvalue weighted by atomic mass is 16.5. The normalized spacial score (nSPS) is 11.9. The maximum Gasteiger partial charge on any atom is 0.307 e. The molecule has 1 rings (SSSR count). The molecule has 106 valence electrons. The molecule has 0 aliphatic carbocycles. The van der Waals surface area contributed by atoms with Crippen LogP contribution in [0, 0.1) is 0 Å². The van der Waals surface area contributed by atoms with Crippen molar-refractivity contribution < 1.29 is 14.3 Å². The van der Waals surface area contributed by atoms with Crippen molar-refractivity contribution in [3.63, 3.8) is 0 Å². The lowest BCUT2D eigenvalue weighted by atomic mass is 10.0. The molecule has 0 fully saturated rings. The third-order valence-corrected chi connectivity index (χ3v) is 2.78. The van der Waals surface area contributed by atoms with E-state index in [1.54, 1.807) is 0 Å². The summed E-state index contributed by atoms with van der Waals surface area (Å²) in [4.78, 5) is 11.4. The predicted octanol–water partition coefficient (Wildman–Crippen LogP) is 2.69. The van der Waals surface area contributed by atoms with Gasteiger partial charge in [-0.25, -0.2) is 0 Å². The van der Waals surface area contributed by atoms with E-state index in [4.69, 9.17) is 9.47 Å². The third-order valence-electron chi connectivity index (χ3n) is 2.78. The van der Waals surface area contributed by atoms with E-state index < -0.39 is 0 Å². The van der Waals surface area contributed by atoms with Crippen LogP contribution in [0.2, 0.25) is 0 Å². The minimum Gasteiger partial charge on any atom is -0.494 e. The number of carbonyl (C=O) groups is 1. The number of esters is 1. The second kappa shape index (κ2) is 8.53. The zero-order valence-corrected chi connectivity index (χ0v) is 11.9. The Morgan fingerprint density at radius 3 is 2.79 bits per heavy atom. The van der Waals surface area contributed by atoms with Gasteiger partial charge in [0.1, 0.15) is 5.75 Å². The standard InChI is InChI=1S/C15H23NO3/c1-4-9-19-13-8-6-7-12(10-13)14(16-5-2)11-15(17)18-3/h6-8,10,14,16H,4-5,9,11H2,1-3H3. The molecule has 0 aliphatic heterocycles. The summed E-state index contributed by atoms with van der Waals surface area (Å²) in [5, 5.41) is 3.29. The van der Waals surface area contributed by atoms with E-state index in [2.05, 4.69) is 12.2 Å². The largest absolute Gasteiger partial charge is 0.494 e. The lowest BCUT2D eigenvalue weighted by molar-refractivity contribution is -0.141. The molecule has 0 saturated carbocycles. The van der Waals surface area contributed by atoms with Gasteiger partial charge in [0.2, 0.25) is 0 Å². The smallest absolute Gasteiger partial charge is 0.307 e. The molecule has 4 nitrogen and oxygen atoms in total. The number of benzene rings is 1. The quantitative estimate of drug-likeness (QED) is 0.734. The fourth-order valence-electron chi connectivity index (χ4n) is 1.85. The van der Waals surface area contributed by atoms with Crippen LogP contribution < -0.4 is 10.1 Å². The fraction of sp³-hybridized carbons (Fsp3) is 0.533. The number of methoxy groups -OCH3 is 1. The van der Waals surface area contributed by atoms with Gasteiger partial charge in [-0.15, -0.1) is 0 Å². The Morgan fingerprint density at radius 1 is 1.37 bits per heavy atom. The Balaban J connectivity index is 2.79. The summed E-state index contributed by atoms with van der Waals surface area (Å²) >= 11 is 0. The molecule has 1 N–H and O–H groups in total. The summed E-state index contributed by atoms with van der Waals surface area (Å²) in [5.41, 5.74) is 1.04. The zero-order chi connectivity index (χ0) is 14.1. The molecule has 1 aromatic rings. The van der Waals surface area contributed by atoms with Crippen molar-refractivity contribution in [3.05, 3.63) is 29.8 Å². The van der Waals surface area contributed by atoms with Crippen LogP contribution in [0.3, 0.4) is 0 Å². The van der Waals surface area contributed by atoms with Crippen LogP contribution in [-0.4, -0.2) is 26.2 Å². The molecule has 4 heteroatoms. The van der Waals surface area contributed by atoms with E-state index >= 15 is 0 Å². The molecule has 1 aromatic carbocycles. The van der Waals surface area contributed by atoms with Gasteiger partial charge in [0.05, 0.1) is 20.1 Å². The van der Waals surface area contributed by atoms with Crippen LogP contribution in [0.25, 0.3) is 0 Å². The van der Waals surface area contributed by atoms with E-state index in [0.717, 1.165) is 24.3 Å². The van der Waals surface area contributed by atoms with Crippen LogP contribution in [0.1, 0.15) is 38.3 Å². The van der Waals surface area contributed by atoms with Crippen LogP contribution >= 0.6 is 0 Å². The lowest BCUT2D eigenvalue weighted by Gasteiger charge is -2.18. The number of carbonyl (C=O) groups excluding carboxylic acids is 1. The van der Waals surface area contributed by atoms with E-state index in [1.165, 1.54) is 7.11 Å². The van der Waals surface area contributed by atoms with Crippen molar-refractivity contribution in [2.24, 2.45) is 0 Å². The van der Waals surface area contributed by atoms with E-state index in [-0.39, 0.29) is 12.0 Å². The Bertz CT molecular complexity index is 393. The van der Waals surface area contributed by atoms with Gasteiger partial charge in [0, 0.05) is 6.04 Å². The molecule has 0 aromatic heterocycles. The van der Waals surface area contributed by atoms with Crippen LogP contribution in [0.5, 0.6) is 5.75 Å². The van der Waals surface area contributed by atoms with E-state index in [9.17, 15) is 4.79 Å². The van der Waals surface area contributed by atoms with Crippen molar-refractivity contribution in [1.29, 1.82) is 0 Å². The van der Waals surface area contributed by atoms with Gasteiger partial charge in [0.15, 0.2) is 0 Å². The van der Waals surface area contributed by atoms with Crippen LogP contribution in [-0.2, 0) is 9.53 Å². The number of hydrogen-bond acceptors (Lipinski definition) is 4. The molecule has 0 bridgehead atoms. The maximum absolute atomic E-state index is 11.4. The first-order valence-electron chi connectivity index (χ1n) is 6.74. The molecule has 1 unspecified atom stereocenters. The summed E-state index contributed by atoms with van der Waals surface area (Å²) < 4.78 is 10.3. The highest BCUT2D eigenvalue weighted by molar-refractivity contribution is 5.70. The van der Waals surface area contributed by atoms with Gasteiger partial charge in [0.25, 0.3) is 0 Å². The fourth-order valence-corrected chi connectivity index (χ4v) is 1.85. The van der Waals surface area contributed by atoms with Crippen molar-refractivity contribution in [2.75, 3.05) is 20.3 Å². The average molecular weight is 265 g/mol. The van der Waals surface area contributed by atoms with Crippen LogP contribution in [0.4, 0.5) is 0 Å². The van der Waals surface area contributed by atoms with E-state index in [0.29, 0.717) is 13.0 Å². The topological polar surface area (TPSA) is 47.6 Å². The first-order chi connectivity index (χ1) is 9.21. The Labute approximate surface area is 115 Å². The molecular formula is C15H23NO3. The molecule has 0 saturated heterocycles. The molecule has 19 heavy (non-hydrogen) atoms. The summed E-state index contributed by atoms with van der Waals surface area (Å²) in [6, 6.07) is 7.81. The molecule has 1 atom stereocenters. The molecule has 0 radical (unpaired) electrons. The first kappa shape index (κ1) is 15.5. The number of rotatable bonds is 8. The minimum atomic E-state index is -0.217. The van der Waals surface area contributed by atoms with Crippen LogP contribution in [0.15, 0.2) is 24.3 Å². The van der Waals surface area contributed by atoms with E-state index in [1.807, 2.05) is 31.2 Å². The second-order valence-corrected chi connectivity index (χ2v) is 4.31. The SMILES string of the molecule is CCCOc1cccc(C(CC(=O)OC)NCC)c1. The van der Waals surface area contributed by atoms with Gasteiger partial charge in [-0.2, -0.15) is 0 Å². The van der Waals surface area contributed by atoms with Crippen molar-refractivity contribution in [1.82, 2.24) is 5.32 Å². The highest BCUT2D eigenvalue weighted by Crippen LogP contribution is 2.22. The Hall–Kier alpha value is -1.55. The molecule has 0 heterocycles. The van der Waals surface area contributed by atoms with Gasteiger partial charge >= 0.3 is 5.97 Å².